The Bertz CT molecular complexity index is 616. The maximum Gasteiger partial charge on any atom is 0.118 e. The van der Waals surface area contributed by atoms with Gasteiger partial charge in [-0.05, 0) is 29.7 Å². The lowest BCUT2D eigenvalue weighted by Gasteiger charge is -2.28. The van der Waals surface area contributed by atoms with Gasteiger partial charge < -0.3 is 14.8 Å². The van der Waals surface area contributed by atoms with E-state index in [1.165, 1.54) is 11.1 Å². The van der Waals surface area contributed by atoms with Crippen LogP contribution in [-0.4, -0.2) is 51.4 Å². The van der Waals surface area contributed by atoms with Crippen LogP contribution in [0.4, 0.5) is 0 Å². The molecule has 5 heteroatoms. The van der Waals surface area contributed by atoms with Crippen molar-refractivity contribution in [1.82, 2.24) is 10.2 Å². The van der Waals surface area contributed by atoms with Crippen LogP contribution >= 0.6 is 12.4 Å². The Hall–Kier alpha value is -1.59. The molecule has 1 N–H and O–H groups in total. The van der Waals surface area contributed by atoms with Gasteiger partial charge in [-0.1, -0.05) is 42.5 Å². The molecular weight excluding hydrogens is 348 g/mol. The Balaban J connectivity index is 0.00000243. The van der Waals surface area contributed by atoms with Crippen LogP contribution in [0.2, 0.25) is 0 Å². The van der Waals surface area contributed by atoms with E-state index in [1.807, 2.05) is 12.1 Å². The molecule has 1 unspecified atom stereocenters. The molecule has 0 saturated carbocycles. The van der Waals surface area contributed by atoms with Crippen molar-refractivity contribution in [3.05, 3.63) is 65.7 Å². The number of ether oxygens (including phenoxy) is 2. The number of halogens is 1. The summed E-state index contributed by atoms with van der Waals surface area (Å²) in [5.41, 5.74) is 2.65. The minimum atomic E-state index is 0. The molecule has 1 saturated heterocycles. The molecule has 4 nitrogen and oxygen atoms in total. The number of rotatable bonds is 8. The highest BCUT2D eigenvalue weighted by molar-refractivity contribution is 5.85. The molecule has 0 aromatic heterocycles. The van der Waals surface area contributed by atoms with Crippen molar-refractivity contribution < 1.29 is 9.47 Å². The monoisotopic (exact) mass is 376 g/mol. The Morgan fingerprint density at radius 3 is 2.38 bits per heavy atom. The Labute approximate surface area is 162 Å². The molecule has 1 aliphatic heterocycles. The number of nitrogens with one attached hydrogen (secondary N) is 1. The zero-order chi connectivity index (χ0) is 17.3. The van der Waals surface area contributed by atoms with Gasteiger partial charge in [-0.3, -0.25) is 4.90 Å². The van der Waals surface area contributed by atoms with Gasteiger partial charge in [0.25, 0.3) is 0 Å². The highest BCUT2D eigenvalue weighted by Crippen LogP contribution is 2.21. The number of benzene rings is 2. The molecule has 1 aliphatic rings. The summed E-state index contributed by atoms with van der Waals surface area (Å²) in [6.45, 7) is 5.81. The minimum absolute atomic E-state index is 0. The van der Waals surface area contributed by atoms with E-state index in [-0.39, 0.29) is 12.4 Å². The van der Waals surface area contributed by atoms with Gasteiger partial charge >= 0.3 is 0 Å². The topological polar surface area (TPSA) is 33.7 Å². The third-order valence-corrected chi connectivity index (χ3v) is 4.72. The van der Waals surface area contributed by atoms with Gasteiger partial charge in [0.05, 0.1) is 20.3 Å². The minimum Gasteiger partial charge on any atom is -0.497 e. The Morgan fingerprint density at radius 2 is 1.73 bits per heavy atom. The van der Waals surface area contributed by atoms with Gasteiger partial charge in [0.15, 0.2) is 0 Å². The van der Waals surface area contributed by atoms with E-state index in [1.54, 1.807) is 7.11 Å². The molecule has 1 heterocycles. The first kappa shape index (κ1) is 20.7. The number of hydrogen-bond acceptors (Lipinski definition) is 4. The summed E-state index contributed by atoms with van der Waals surface area (Å²) in [5, 5.41) is 3.75. The summed E-state index contributed by atoms with van der Waals surface area (Å²) in [6, 6.07) is 19.4. The molecule has 26 heavy (non-hydrogen) atoms. The molecule has 3 rings (SSSR count). The second-order valence-corrected chi connectivity index (χ2v) is 6.42. The molecule has 1 fully saturated rings. The van der Waals surface area contributed by atoms with E-state index in [9.17, 15) is 0 Å². The number of morpholine rings is 1. The predicted molar refractivity (Wildman–Crippen MR) is 108 cm³/mol. The van der Waals surface area contributed by atoms with Gasteiger partial charge in [0.2, 0.25) is 0 Å². The first-order chi connectivity index (χ1) is 12.3. The second kappa shape index (κ2) is 11.2. The molecular formula is C21H29ClN2O2. The lowest BCUT2D eigenvalue weighted by Crippen LogP contribution is -2.41. The fourth-order valence-electron chi connectivity index (χ4n) is 3.22. The Kier molecular flexibility index (Phi) is 8.92. The molecule has 142 valence electrons. The normalized spacial score (nSPS) is 15.9. The van der Waals surface area contributed by atoms with Crippen molar-refractivity contribution in [2.45, 2.75) is 12.5 Å². The number of methoxy groups -OCH3 is 1. The van der Waals surface area contributed by atoms with E-state index < -0.39 is 0 Å². The lowest BCUT2D eigenvalue weighted by molar-refractivity contribution is 0.0381. The Morgan fingerprint density at radius 1 is 1.04 bits per heavy atom. The third kappa shape index (κ3) is 6.29. The molecule has 0 amide bonds. The first-order valence-corrected chi connectivity index (χ1v) is 9.06. The standard InChI is InChI=1S/C21H28N2O2.ClH/c1-24-20-9-7-19(8-10-20)21(17-18-5-3-2-4-6-18)22-11-12-23-13-15-25-16-14-23;/h2-10,21-22H,11-17H2,1H3;1H. The highest BCUT2D eigenvalue weighted by atomic mass is 35.5. The first-order valence-electron chi connectivity index (χ1n) is 9.06. The highest BCUT2D eigenvalue weighted by Gasteiger charge is 2.14. The maximum atomic E-state index is 5.42. The largest absolute Gasteiger partial charge is 0.497 e. The summed E-state index contributed by atoms with van der Waals surface area (Å²) in [5.74, 6) is 0.899. The van der Waals surface area contributed by atoms with Gasteiger partial charge in [-0.15, -0.1) is 12.4 Å². The third-order valence-electron chi connectivity index (χ3n) is 4.72. The fraction of sp³-hybridized carbons (Fsp3) is 0.429. The van der Waals surface area contributed by atoms with Crippen molar-refractivity contribution >= 4 is 12.4 Å². The van der Waals surface area contributed by atoms with Crippen LogP contribution in [0.1, 0.15) is 17.2 Å². The maximum absolute atomic E-state index is 5.42. The number of hydrogen-bond donors (Lipinski definition) is 1. The molecule has 0 spiro atoms. The molecule has 2 aromatic carbocycles. The summed E-state index contributed by atoms with van der Waals surface area (Å²) in [7, 11) is 1.71. The smallest absolute Gasteiger partial charge is 0.118 e. The number of nitrogens with zero attached hydrogens (tertiary/aromatic N) is 1. The van der Waals surface area contributed by atoms with Crippen molar-refractivity contribution in [3.63, 3.8) is 0 Å². The predicted octanol–water partition coefficient (Wildman–Crippen LogP) is 3.32. The van der Waals surface area contributed by atoms with E-state index >= 15 is 0 Å². The zero-order valence-corrected chi connectivity index (χ0v) is 16.2. The summed E-state index contributed by atoms with van der Waals surface area (Å²) in [4.78, 5) is 2.46. The summed E-state index contributed by atoms with van der Waals surface area (Å²) in [6.07, 6.45) is 0.982. The van der Waals surface area contributed by atoms with Crippen LogP contribution < -0.4 is 10.1 Å². The van der Waals surface area contributed by atoms with Crippen molar-refractivity contribution in [2.24, 2.45) is 0 Å². The quantitative estimate of drug-likeness (QED) is 0.766. The van der Waals surface area contributed by atoms with Gasteiger partial charge in [-0.2, -0.15) is 0 Å². The van der Waals surface area contributed by atoms with Crippen LogP contribution in [0.25, 0.3) is 0 Å². The van der Waals surface area contributed by atoms with Crippen LogP contribution in [0.5, 0.6) is 5.75 Å². The van der Waals surface area contributed by atoms with E-state index in [4.69, 9.17) is 9.47 Å². The van der Waals surface area contributed by atoms with Crippen LogP contribution in [-0.2, 0) is 11.2 Å². The summed E-state index contributed by atoms with van der Waals surface area (Å²) < 4.78 is 10.7. The lowest BCUT2D eigenvalue weighted by atomic mass is 9.98. The average molecular weight is 377 g/mol. The van der Waals surface area contributed by atoms with E-state index in [2.05, 4.69) is 52.7 Å². The SMILES string of the molecule is COc1ccc(C(Cc2ccccc2)NCCN2CCOCC2)cc1.Cl. The van der Waals surface area contributed by atoms with Crippen LogP contribution in [0, 0.1) is 0 Å². The second-order valence-electron chi connectivity index (χ2n) is 6.42. The molecule has 2 aromatic rings. The van der Waals surface area contributed by atoms with Crippen molar-refractivity contribution in [1.29, 1.82) is 0 Å². The van der Waals surface area contributed by atoms with Gasteiger partial charge in [0.1, 0.15) is 5.75 Å². The van der Waals surface area contributed by atoms with E-state index in [0.717, 1.165) is 51.6 Å². The fourth-order valence-corrected chi connectivity index (χ4v) is 3.22. The average Bonchev–Trinajstić information content (AvgIpc) is 2.69. The molecule has 1 atom stereocenters. The van der Waals surface area contributed by atoms with Crippen LogP contribution in [0.15, 0.2) is 54.6 Å². The zero-order valence-electron chi connectivity index (χ0n) is 15.4. The van der Waals surface area contributed by atoms with E-state index in [0.29, 0.717) is 6.04 Å². The van der Waals surface area contributed by atoms with Gasteiger partial charge in [-0.25, -0.2) is 0 Å². The van der Waals surface area contributed by atoms with Gasteiger partial charge in [0, 0.05) is 32.2 Å². The van der Waals surface area contributed by atoms with Crippen LogP contribution in [0.3, 0.4) is 0 Å². The molecule has 0 aliphatic carbocycles. The van der Waals surface area contributed by atoms with Crippen molar-refractivity contribution in [3.8, 4) is 5.75 Å². The summed E-state index contributed by atoms with van der Waals surface area (Å²) >= 11 is 0. The molecule has 0 radical (unpaired) electrons. The molecule has 0 bridgehead atoms. The van der Waals surface area contributed by atoms with Crippen molar-refractivity contribution in [2.75, 3.05) is 46.5 Å².